The Labute approximate surface area is 97.5 Å². The van der Waals surface area contributed by atoms with Crippen molar-refractivity contribution in [1.29, 1.82) is 0 Å². The molecule has 0 spiro atoms. The summed E-state index contributed by atoms with van der Waals surface area (Å²) in [5.74, 6) is -0.372. The summed E-state index contributed by atoms with van der Waals surface area (Å²) >= 11 is 0. The van der Waals surface area contributed by atoms with E-state index in [0.29, 0.717) is 6.61 Å². The van der Waals surface area contributed by atoms with Crippen molar-refractivity contribution >= 4 is 11.5 Å². The minimum absolute atomic E-state index is 0.0156. The average molecular weight is 239 g/mol. The topological polar surface area (TPSA) is 87.3 Å². The van der Waals surface area contributed by atoms with Crippen molar-refractivity contribution in [3.63, 3.8) is 0 Å². The average Bonchev–Trinajstić information content (AvgIpc) is 2.74. The monoisotopic (exact) mass is 239 g/mol. The summed E-state index contributed by atoms with van der Waals surface area (Å²) in [6.45, 7) is 1.89. The molecule has 0 aliphatic carbocycles. The molecule has 0 amide bonds. The summed E-state index contributed by atoms with van der Waals surface area (Å²) in [6.07, 6.45) is 3.40. The van der Waals surface area contributed by atoms with Crippen molar-refractivity contribution in [2.75, 3.05) is 6.61 Å². The SMILES string of the molecule is CC(=O)c1c([N+](=O)[O-])cnn1C1CCCCO1. The fourth-order valence-corrected chi connectivity index (χ4v) is 1.96. The zero-order chi connectivity index (χ0) is 12.4. The lowest BCUT2D eigenvalue weighted by Gasteiger charge is -2.23. The molecule has 1 aliphatic heterocycles. The maximum atomic E-state index is 11.5. The number of aromatic nitrogens is 2. The van der Waals surface area contributed by atoms with Gasteiger partial charge in [0.05, 0.1) is 4.92 Å². The Bertz CT molecular complexity index is 448. The molecule has 0 bridgehead atoms. The van der Waals surface area contributed by atoms with Gasteiger partial charge in [-0.1, -0.05) is 0 Å². The number of nitrogens with zero attached hydrogens (tertiary/aromatic N) is 3. The van der Waals surface area contributed by atoms with Crippen molar-refractivity contribution in [2.24, 2.45) is 0 Å². The summed E-state index contributed by atoms with van der Waals surface area (Å²) in [6, 6.07) is 0. The van der Waals surface area contributed by atoms with Crippen molar-refractivity contribution in [1.82, 2.24) is 9.78 Å². The van der Waals surface area contributed by atoms with Crippen LogP contribution >= 0.6 is 0 Å². The highest BCUT2D eigenvalue weighted by Gasteiger charge is 2.29. The second-order valence-electron chi connectivity index (χ2n) is 3.96. The van der Waals surface area contributed by atoms with E-state index in [2.05, 4.69) is 5.10 Å². The predicted molar refractivity (Wildman–Crippen MR) is 57.7 cm³/mol. The fraction of sp³-hybridized carbons (Fsp3) is 0.600. The first-order valence-electron chi connectivity index (χ1n) is 5.45. The quantitative estimate of drug-likeness (QED) is 0.455. The van der Waals surface area contributed by atoms with Crippen LogP contribution in [-0.4, -0.2) is 27.1 Å². The van der Waals surface area contributed by atoms with Crippen LogP contribution in [0.4, 0.5) is 5.69 Å². The third-order valence-electron chi connectivity index (χ3n) is 2.73. The van der Waals surface area contributed by atoms with Crippen LogP contribution in [0, 0.1) is 10.1 Å². The van der Waals surface area contributed by atoms with Crippen LogP contribution in [0.2, 0.25) is 0 Å². The Morgan fingerprint density at radius 2 is 2.41 bits per heavy atom. The maximum Gasteiger partial charge on any atom is 0.318 e. The number of nitro groups is 1. The van der Waals surface area contributed by atoms with Gasteiger partial charge in [0, 0.05) is 13.5 Å². The van der Waals surface area contributed by atoms with Gasteiger partial charge in [-0.2, -0.15) is 5.10 Å². The van der Waals surface area contributed by atoms with E-state index in [9.17, 15) is 14.9 Å². The Morgan fingerprint density at radius 1 is 1.65 bits per heavy atom. The van der Waals surface area contributed by atoms with Crippen molar-refractivity contribution in [2.45, 2.75) is 32.4 Å². The standard InChI is InChI=1S/C10H13N3O4/c1-7(14)10-8(13(15)16)6-11-12(10)9-4-2-3-5-17-9/h6,9H,2-5H2,1H3. The molecule has 1 aliphatic rings. The van der Waals surface area contributed by atoms with E-state index in [-0.39, 0.29) is 23.4 Å². The summed E-state index contributed by atoms with van der Waals surface area (Å²) in [4.78, 5) is 21.7. The molecule has 0 saturated carbocycles. The molecule has 1 unspecified atom stereocenters. The van der Waals surface area contributed by atoms with Gasteiger partial charge >= 0.3 is 5.69 Å². The minimum Gasteiger partial charge on any atom is -0.356 e. The second-order valence-corrected chi connectivity index (χ2v) is 3.96. The number of Topliss-reactive ketones (excluding diaryl/α,β-unsaturated/α-hetero) is 1. The molecule has 0 radical (unpaired) electrons. The molecule has 1 aromatic heterocycles. The van der Waals surface area contributed by atoms with Crippen LogP contribution in [0.1, 0.15) is 42.9 Å². The van der Waals surface area contributed by atoms with Crippen LogP contribution in [0.15, 0.2) is 6.20 Å². The Kier molecular flexibility index (Phi) is 3.19. The van der Waals surface area contributed by atoms with Crippen LogP contribution in [0.25, 0.3) is 0 Å². The van der Waals surface area contributed by atoms with E-state index in [0.717, 1.165) is 25.5 Å². The van der Waals surface area contributed by atoms with Crippen molar-refractivity contribution in [3.8, 4) is 0 Å². The summed E-state index contributed by atoms with van der Waals surface area (Å²) in [7, 11) is 0. The van der Waals surface area contributed by atoms with E-state index < -0.39 is 4.92 Å². The first-order chi connectivity index (χ1) is 8.11. The Hall–Kier alpha value is -1.76. The van der Waals surface area contributed by atoms with Gasteiger partial charge in [0.2, 0.25) is 0 Å². The zero-order valence-corrected chi connectivity index (χ0v) is 9.46. The first kappa shape index (κ1) is 11.7. The van der Waals surface area contributed by atoms with Crippen LogP contribution < -0.4 is 0 Å². The maximum absolute atomic E-state index is 11.5. The molecule has 2 rings (SSSR count). The number of carbonyl (C=O) groups is 1. The predicted octanol–water partition coefficient (Wildman–Crippen LogP) is 1.69. The summed E-state index contributed by atoms with van der Waals surface area (Å²) in [5, 5.41) is 14.7. The molecule has 7 heteroatoms. The molecule has 1 saturated heterocycles. The lowest BCUT2D eigenvalue weighted by molar-refractivity contribution is -0.385. The fourth-order valence-electron chi connectivity index (χ4n) is 1.96. The molecule has 0 N–H and O–H groups in total. The molecular weight excluding hydrogens is 226 g/mol. The molecule has 1 atom stereocenters. The first-order valence-corrected chi connectivity index (χ1v) is 5.45. The Morgan fingerprint density at radius 3 is 2.94 bits per heavy atom. The van der Waals surface area contributed by atoms with Crippen molar-refractivity contribution < 1.29 is 14.5 Å². The van der Waals surface area contributed by atoms with Crippen LogP contribution in [0.5, 0.6) is 0 Å². The molecule has 17 heavy (non-hydrogen) atoms. The van der Waals surface area contributed by atoms with Gasteiger partial charge in [-0.3, -0.25) is 14.9 Å². The third kappa shape index (κ3) is 2.19. The lowest BCUT2D eigenvalue weighted by Crippen LogP contribution is -2.22. The van der Waals surface area contributed by atoms with Gasteiger partial charge < -0.3 is 4.74 Å². The van der Waals surface area contributed by atoms with Crippen LogP contribution in [-0.2, 0) is 4.74 Å². The molecule has 1 aromatic rings. The summed E-state index contributed by atoms with van der Waals surface area (Å²) < 4.78 is 6.81. The number of ketones is 1. The van der Waals surface area contributed by atoms with Gasteiger partial charge in [-0.05, 0) is 19.3 Å². The molecule has 2 heterocycles. The van der Waals surface area contributed by atoms with Crippen molar-refractivity contribution in [3.05, 3.63) is 22.0 Å². The second kappa shape index (κ2) is 4.62. The highest BCUT2D eigenvalue weighted by atomic mass is 16.6. The number of rotatable bonds is 3. The zero-order valence-electron chi connectivity index (χ0n) is 9.46. The highest BCUT2D eigenvalue weighted by molar-refractivity contribution is 5.96. The van der Waals surface area contributed by atoms with E-state index >= 15 is 0 Å². The van der Waals surface area contributed by atoms with E-state index in [1.54, 1.807) is 0 Å². The molecule has 7 nitrogen and oxygen atoms in total. The molecule has 1 fully saturated rings. The van der Waals surface area contributed by atoms with E-state index in [4.69, 9.17) is 4.74 Å². The minimum atomic E-state index is -0.594. The number of hydrogen-bond acceptors (Lipinski definition) is 5. The largest absolute Gasteiger partial charge is 0.356 e. The van der Waals surface area contributed by atoms with E-state index in [1.807, 2.05) is 0 Å². The van der Waals surface area contributed by atoms with Gasteiger partial charge in [-0.25, -0.2) is 4.68 Å². The number of ether oxygens (including phenoxy) is 1. The molecule has 92 valence electrons. The van der Waals surface area contributed by atoms with Gasteiger partial charge in [0.25, 0.3) is 0 Å². The number of hydrogen-bond donors (Lipinski definition) is 0. The normalized spacial score (nSPS) is 20.2. The van der Waals surface area contributed by atoms with E-state index in [1.165, 1.54) is 11.6 Å². The summed E-state index contributed by atoms with van der Waals surface area (Å²) in [5.41, 5.74) is -0.242. The molecule has 0 aromatic carbocycles. The lowest BCUT2D eigenvalue weighted by atomic mass is 10.2. The Balaban J connectivity index is 2.39. The smallest absolute Gasteiger partial charge is 0.318 e. The van der Waals surface area contributed by atoms with Gasteiger partial charge in [-0.15, -0.1) is 0 Å². The van der Waals surface area contributed by atoms with Gasteiger partial charge in [0.1, 0.15) is 6.20 Å². The highest BCUT2D eigenvalue weighted by Crippen LogP contribution is 2.27. The van der Waals surface area contributed by atoms with Crippen LogP contribution in [0.3, 0.4) is 0 Å². The van der Waals surface area contributed by atoms with Gasteiger partial charge in [0.15, 0.2) is 17.7 Å². The molecular formula is C10H13N3O4. The third-order valence-corrected chi connectivity index (χ3v) is 2.73. The number of carbonyl (C=O) groups excluding carboxylic acids is 1.